The smallest absolute Gasteiger partial charge is 0.258 e. The summed E-state index contributed by atoms with van der Waals surface area (Å²) in [7, 11) is 0. The van der Waals surface area contributed by atoms with Crippen LogP contribution in [0.4, 0.5) is 15.9 Å². The van der Waals surface area contributed by atoms with Gasteiger partial charge in [0.15, 0.2) is 11.6 Å². The van der Waals surface area contributed by atoms with Crippen molar-refractivity contribution >= 4 is 44.9 Å². The number of nitrogens with two attached hydrogens (primary N) is 1. The number of hydrogen-bond acceptors (Lipinski definition) is 4. The third kappa shape index (κ3) is 3.06. The second kappa shape index (κ2) is 6.17. The summed E-state index contributed by atoms with van der Waals surface area (Å²) in [5, 5.41) is 2.97. The summed E-state index contributed by atoms with van der Waals surface area (Å²) in [5.74, 6) is 3.45. The fourth-order valence-corrected chi connectivity index (χ4v) is 1.92. The Morgan fingerprint density at radius 2 is 2.15 bits per heavy atom. The fraction of sp³-hybridized carbons (Fsp3) is 0. The number of anilines is 2. The van der Waals surface area contributed by atoms with Gasteiger partial charge in [0.05, 0.1) is 10.6 Å². The lowest BCUT2D eigenvalue weighted by Crippen LogP contribution is -2.17. The number of nitrogens with zero attached hydrogens (tertiary/aromatic N) is 1. The first-order chi connectivity index (χ1) is 9.52. The van der Waals surface area contributed by atoms with E-state index in [1.54, 1.807) is 18.2 Å². The van der Waals surface area contributed by atoms with Gasteiger partial charge < -0.3 is 10.7 Å². The number of nitrogen functional groups attached to an aromatic ring is 1. The Morgan fingerprint density at radius 3 is 2.80 bits per heavy atom. The van der Waals surface area contributed by atoms with Crippen molar-refractivity contribution in [1.82, 2.24) is 4.98 Å². The minimum absolute atomic E-state index is 0.174. The molecule has 0 saturated carbocycles. The van der Waals surface area contributed by atoms with Crippen molar-refractivity contribution in [3.8, 4) is 0 Å². The van der Waals surface area contributed by atoms with E-state index in [2.05, 4.69) is 31.7 Å². The van der Waals surface area contributed by atoms with Crippen LogP contribution in [0, 0.1) is 5.82 Å². The summed E-state index contributed by atoms with van der Waals surface area (Å²) in [5.41, 5.74) is 2.35. The van der Waals surface area contributed by atoms with E-state index in [0.717, 1.165) is 0 Å². The van der Waals surface area contributed by atoms with Crippen molar-refractivity contribution in [2.24, 2.45) is 5.84 Å². The highest BCUT2D eigenvalue weighted by molar-refractivity contribution is 9.10. The molecule has 8 heteroatoms. The zero-order valence-corrected chi connectivity index (χ0v) is 12.3. The molecule has 0 aliphatic carbocycles. The van der Waals surface area contributed by atoms with Gasteiger partial charge in [-0.15, -0.1) is 0 Å². The molecule has 1 heterocycles. The van der Waals surface area contributed by atoms with E-state index in [1.807, 2.05) is 0 Å². The number of carbonyl (C=O) groups is 1. The Hall–Kier alpha value is -1.70. The van der Waals surface area contributed by atoms with Gasteiger partial charge in [-0.05, 0) is 40.2 Å². The lowest BCUT2D eigenvalue weighted by atomic mass is 10.2. The maximum absolute atomic E-state index is 13.9. The highest BCUT2D eigenvalue weighted by Crippen LogP contribution is 2.26. The molecule has 1 aromatic heterocycles. The van der Waals surface area contributed by atoms with E-state index in [4.69, 9.17) is 17.4 Å². The first-order valence-corrected chi connectivity index (χ1v) is 6.57. The minimum Gasteiger partial charge on any atom is -0.322 e. The second-order valence-corrected chi connectivity index (χ2v) is 5.01. The molecule has 0 radical (unpaired) electrons. The van der Waals surface area contributed by atoms with Gasteiger partial charge in [0.2, 0.25) is 0 Å². The first kappa shape index (κ1) is 14.7. The topological polar surface area (TPSA) is 80.0 Å². The van der Waals surface area contributed by atoms with E-state index < -0.39 is 11.7 Å². The maximum Gasteiger partial charge on any atom is 0.258 e. The summed E-state index contributed by atoms with van der Waals surface area (Å²) >= 11 is 9.15. The van der Waals surface area contributed by atoms with Gasteiger partial charge in [-0.2, -0.15) is 0 Å². The number of rotatable bonds is 3. The number of benzene rings is 1. The number of aromatic nitrogens is 1. The lowest BCUT2D eigenvalue weighted by Gasteiger charge is -2.08. The summed E-state index contributed by atoms with van der Waals surface area (Å²) < 4.78 is 14.6. The summed E-state index contributed by atoms with van der Waals surface area (Å²) in [6.07, 6.45) is 1.28. The molecule has 0 bridgehead atoms. The molecule has 0 spiro atoms. The van der Waals surface area contributed by atoms with E-state index in [-0.39, 0.29) is 11.4 Å². The van der Waals surface area contributed by atoms with Gasteiger partial charge >= 0.3 is 0 Å². The zero-order chi connectivity index (χ0) is 14.7. The van der Waals surface area contributed by atoms with Gasteiger partial charge in [-0.25, -0.2) is 15.2 Å². The van der Waals surface area contributed by atoms with Crippen molar-refractivity contribution in [1.29, 1.82) is 0 Å². The van der Waals surface area contributed by atoms with Crippen LogP contribution in [0.3, 0.4) is 0 Å². The molecule has 104 valence electrons. The highest BCUT2D eigenvalue weighted by Gasteiger charge is 2.16. The summed E-state index contributed by atoms with van der Waals surface area (Å²) in [6, 6.07) is 6.11. The number of amides is 1. The molecule has 0 saturated heterocycles. The van der Waals surface area contributed by atoms with Crippen molar-refractivity contribution in [2.75, 3.05) is 10.7 Å². The van der Waals surface area contributed by atoms with Gasteiger partial charge in [-0.1, -0.05) is 11.6 Å². The summed E-state index contributed by atoms with van der Waals surface area (Å²) in [6.45, 7) is 0. The Kier molecular flexibility index (Phi) is 4.53. The predicted molar refractivity (Wildman–Crippen MR) is 79.1 cm³/mol. The van der Waals surface area contributed by atoms with Crippen LogP contribution < -0.4 is 16.6 Å². The Morgan fingerprint density at radius 1 is 1.40 bits per heavy atom. The van der Waals surface area contributed by atoms with E-state index in [9.17, 15) is 9.18 Å². The van der Waals surface area contributed by atoms with Gasteiger partial charge in [0, 0.05) is 16.4 Å². The Bertz CT molecular complexity index is 668. The normalized spacial score (nSPS) is 10.2. The largest absolute Gasteiger partial charge is 0.322 e. The molecule has 2 rings (SSSR count). The number of halogens is 3. The van der Waals surface area contributed by atoms with Crippen LogP contribution in [0.5, 0.6) is 0 Å². The molecule has 0 atom stereocenters. The SMILES string of the molecule is NNc1nccc(C(=O)Nc2ccc(Br)c(Cl)c2)c1F. The standard InChI is InChI=1S/C12H9BrClFN4O/c13-8-2-1-6(5-9(8)14)18-12(20)7-3-4-17-11(19-16)10(7)15/h1-5H,16H2,(H,17,19)(H,18,20). The van der Waals surface area contributed by atoms with Gasteiger partial charge in [-0.3, -0.25) is 4.79 Å². The molecule has 4 N–H and O–H groups in total. The van der Waals surface area contributed by atoms with Crippen molar-refractivity contribution < 1.29 is 9.18 Å². The summed E-state index contributed by atoms with van der Waals surface area (Å²) in [4.78, 5) is 15.7. The first-order valence-electron chi connectivity index (χ1n) is 5.40. The van der Waals surface area contributed by atoms with Crippen LogP contribution in [0.15, 0.2) is 34.9 Å². The average Bonchev–Trinajstić information content (AvgIpc) is 2.43. The molecule has 1 amide bonds. The minimum atomic E-state index is -0.823. The molecule has 0 aliphatic heterocycles. The molecule has 2 aromatic rings. The number of hydrogen-bond donors (Lipinski definition) is 3. The molecule has 5 nitrogen and oxygen atoms in total. The number of carbonyl (C=O) groups excluding carboxylic acids is 1. The molecule has 20 heavy (non-hydrogen) atoms. The number of hydrazine groups is 1. The Labute approximate surface area is 127 Å². The Balaban J connectivity index is 2.26. The molecule has 1 aromatic carbocycles. The monoisotopic (exact) mass is 358 g/mol. The van der Waals surface area contributed by atoms with Gasteiger partial charge in [0.1, 0.15) is 0 Å². The van der Waals surface area contributed by atoms with Gasteiger partial charge in [0.25, 0.3) is 5.91 Å². The van der Waals surface area contributed by atoms with E-state index in [0.29, 0.717) is 15.2 Å². The molecule has 0 fully saturated rings. The van der Waals surface area contributed by atoms with Crippen LogP contribution in [0.2, 0.25) is 5.02 Å². The van der Waals surface area contributed by atoms with Crippen molar-refractivity contribution in [2.45, 2.75) is 0 Å². The predicted octanol–water partition coefficient (Wildman–Crippen LogP) is 3.17. The quantitative estimate of drug-likeness (QED) is 0.581. The highest BCUT2D eigenvalue weighted by atomic mass is 79.9. The average molecular weight is 360 g/mol. The van der Waals surface area contributed by atoms with E-state index in [1.165, 1.54) is 12.3 Å². The molecule has 0 aliphatic rings. The molecule has 0 unspecified atom stereocenters. The molecular weight excluding hydrogens is 351 g/mol. The van der Waals surface area contributed by atoms with Crippen LogP contribution in [-0.2, 0) is 0 Å². The number of pyridine rings is 1. The molecular formula is C12H9BrClFN4O. The van der Waals surface area contributed by atoms with Crippen LogP contribution >= 0.6 is 27.5 Å². The van der Waals surface area contributed by atoms with Crippen molar-refractivity contribution in [3.05, 3.63) is 51.3 Å². The second-order valence-electron chi connectivity index (χ2n) is 3.75. The third-order valence-corrected chi connectivity index (χ3v) is 3.68. The zero-order valence-electron chi connectivity index (χ0n) is 9.95. The fourth-order valence-electron chi connectivity index (χ4n) is 1.49. The van der Waals surface area contributed by atoms with E-state index >= 15 is 0 Å². The maximum atomic E-state index is 13.9. The van der Waals surface area contributed by atoms with Crippen LogP contribution in [0.1, 0.15) is 10.4 Å². The van der Waals surface area contributed by atoms with Crippen LogP contribution in [-0.4, -0.2) is 10.9 Å². The third-order valence-electron chi connectivity index (χ3n) is 2.45. The lowest BCUT2D eigenvalue weighted by molar-refractivity contribution is 0.102. The van der Waals surface area contributed by atoms with Crippen LogP contribution in [0.25, 0.3) is 0 Å². The number of nitrogens with one attached hydrogen (secondary N) is 2. The van der Waals surface area contributed by atoms with Crippen molar-refractivity contribution in [3.63, 3.8) is 0 Å².